The molecule has 0 amide bonds. The van der Waals surface area contributed by atoms with Crippen molar-refractivity contribution in [3.8, 4) is 5.88 Å². The molecule has 0 spiro atoms. The van der Waals surface area contributed by atoms with Crippen LogP contribution in [0.3, 0.4) is 0 Å². The molecule has 0 radical (unpaired) electrons. The van der Waals surface area contributed by atoms with E-state index in [0.717, 1.165) is 31.6 Å². The van der Waals surface area contributed by atoms with Crippen LogP contribution in [0.4, 0.5) is 5.95 Å². The topological polar surface area (TPSA) is 67.3 Å². The zero-order valence-corrected chi connectivity index (χ0v) is 13.6. The Labute approximate surface area is 128 Å². The standard InChI is InChI=1S/C14H22BrN3O2/c1-3-10-4-6-14(19,7-5-10)9-17-13-16-8-11(15)12(18-13)20-2/h8,10,19H,3-7,9H2,1-2H3,(H,16,17,18). The second kappa shape index (κ2) is 6.72. The van der Waals surface area contributed by atoms with E-state index in [0.29, 0.717) is 22.8 Å². The molecular formula is C14H22BrN3O2. The summed E-state index contributed by atoms with van der Waals surface area (Å²) in [7, 11) is 1.57. The Kier molecular flexibility index (Phi) is 5.21. The molecule has 0 saturated heterocycles. The van der Waals surface area contributed by atoms with Gasteiger partial charge in [-0.05, 0) is 47.5 Å². The van der Waals surface area contributed by atoms with Gasteiger partial charge in [-0.3, -0.25) is 0 Å². The highest BCUT2D eigenvalue weighted by molar-refractivity contribution is 9.10. The lowest BCUT2D eigenvalue weighted by Crippen LogP contribution is -2.40. The van der Waals surface area contributed by atoms with Crippen LogP contribution in [-0.2, 0) is 0 Å². The number of nitrogens with zero attached hydrogens (tertiary/aromatic N) is 2. The second-order valence-corrected chi connectivity index (χ2v) is 6.33. The molecule has 0 aliphatic heterocycles. The fraction of sp³-hybridized carbons (Fsp3) is 0.714. The Morgan fingerprint density at radius 3 is 2.80 bits per heavy atom. The van der Waals surface area contributed by atoms with Crippen molar-refractivity contribution in [2.75, 3.05) is 19.0 Å². The predicted octanol–water partition coefficient (Wildman–Crippen LogP) is 2.99. The number of anilines is 1. The minimum atomic E-state index is -0.644. The van der Waals surface area contributed by atoms with Gasteiger partial charge < -0.3 is 15.2 Å². The first kappa shape index (κ1) is 15.5. The first-order valence-corrected chi connectivity index (χ1v) is 7.88. The van der Waals surface area contributed by atoms with Gasteiger partial charge in [-0.25, -0.2) is 4.98 Å². The number of rotatable bonds is 5. The maximum atomic E-state index is 10.6. The van der Waals surface area contributed by atoms with Crippen LogP contribution in [0.15, 0.2) is 10.7 Å². The lowest BCUT2D eigenvalue weighted by Gasteiger charge is -2.35. The van der Waals surface area contributed by atoms with E-state index < -0.39 is 5.60 Å². The van der Waals surface area contributed by atoms with E-state index in [4.69, 9.17) is 4.74 Å². The average Bonchev–Trinajstić information content (AvgIpc) is 2.47. The molecule has 1 heterocycles. The molecule has 20 heavy (non-hydrogen) atoms. The molecule has 1 aromatic heterocycles. The summed E-state index contributed by atoms with van der Waals surface area (Å²) in [5.74, 6) is 1.74. The Hall–Kier alpha value is -0.880. The van der Waals surface area contributed by atoms with Crippen molar-refractivity contribution >= 4 is 21.9 Å². The summed E-state index contributed by atoms with van der Waals surface area (Å²) >= 11 is 3.32. The molecule has 2 N–H and O–H groups in total. The lowest BCUT2D eigenvalue weighted by molar-refractivity contribution is 0.00215. The zero-order chi connectivity index (χ0) is 14.6. The van der Waals surface area contributed by atoms with Crippen LogP contribution in [-0.4, -0.2) is 34.3 Å². The maximum Gasteiger partial charge on any atom is 0.232 e. The van der Waals surface area contributed by atoms with Crippen molar-refractivity contribution in [3.63, 3.8) is 0 Å². The summed E-state index contributed by atoms with van der Waals surface area (Å²) in [6.45, 7) is 2.70. The van der Waals surface area contributed by atoms with Crippen LogP contribution in [0.25, 0.3) is 0 Å². The number of hydrogen-bond donors (Lipinski definition) is 2. The van der Waals surface area contributed by atoms with E-state index >= 15 is 0 Å². The predicted molar refractivity (Wildman–Crippen MR) is 82.0 cm³/mol. The fourth-order valence-corrected chi connectivity index (χ4v) is 2.98. The quantitative estimate of drug-likeness (QED) is 0.860. The molecule has 0 aromatic carbocycles. The van der Waals surface area contributed by atoms with Crippen LogP contribution in [0.1, 0.15) is 39.0 Å². The molecule has 6 heteroatoms. The first-order valence-electron chi connectivity index (χ1n) is 7.09. The van der Waals surface area contributed by atoms with E-state index in [1.807, 2.05) is 0 Å². The third-order valence-corrected chi connectivity index (χ3v) is 4.64. The number of hydrogen-bond acceptors (Lipinski definition) is 5. The first-order chi connectivity index (χ1) is 9.56. The Morgan fingerprint density at radius 1 is 1.50 bits per heavy atom. The van der Waals surface area contributed by atoms with Crippen molar-refractivity contribution in [2.24, 2.45) is 5.92 Å². The zero-order valence-electron chi connectivity index (χ0n) is 12.0. The average molecular weight is 344 g/mol. The van der Waals surface area contributed by atoms with Crippen LogP contribution in [0, 0.1) is 5.92 Å². The molecule has 2 rings (SSSR count). The van der Waals surface area contributed by atoms with Gasteiger partial charge in [-0.1, -0.05) is 13.3 Å². The Bertz CT molecular complexity index is 448. The highest BCUT2D eigenvalue weighted by Crippen LogP contribution is 2.33. The van der Waals surface area contributed by atoms with Gasteiger partial charge in [0.15, 0.2) is 0 Å². The molecule has 0 atom stereocenters. The second-order valence-electron chi connectivity index (χ2n) is 5.48. The van der Waals surface area contributed by atoms with Crippen LogP contribution in [0.2, 0.25) is 0 Å². The SMILES string of the molecule is CCC1CCC(O)(CNc2ncc(Br)c(OC)n2)CC1. The van der Waals surface area contributed by atoms with Gasteiger partial charge in [0.05, 0.1) is 23.4 Å². The number of aromatic nitrogens is 2. The van der Waals surface area contributed by atoms with Gasteiger partial charge in [-0.2, -0.15) is 4.98 Å². The maximum absolute atomic E-state index is 10.6. The van der Waals surface area contributed by atoms with Crippen molar-refractivity contribution in [1.29, 1.82) is 0 Å². The largest absolute Gasteiger partial charge is 0.480 e. The molecule has 5 nitrogen and oxygen atoms in total. The van der Waals surface area contributed by atoms with Crippen LogP contribution in [0.5, 0.6) is 5.88 Å². The van der Waals surface area contributed by atoms with Crippen LogP contribution < -0.4 is 10.1 Å². The summed E-state index contributed by atoms with van der Waals surface area (Å²) in [5.41, 5.74) is -0.644. The van der Waals surface area contributed by atoms with Gasteiger partial charge in [0.1, 0.15) is 0 Å². The molecular weight excluding hydrogens is 322 g/mol. The lowest BCUT2D eigenvalue weighted by atomic mass is 9.78. The van der Waals surface area contributed by atoms with E-state index in [1.165, 1.54) is 6.42 Å². The fourth-order valence-electron chi connectivity index (χ4n) is 2.62. The van der Waals surface area contributed by atoms with Gasteiger partial charge in [0.2, 0.25) is 11.8 Å². The third kappa shape index (κ3) is 3.82. The summed E-state index contributed by atoms with van der Waals surface area (Å²) < 4.78 is 5.85. The van der Waals surface area contributed by atoms with E-state index in [1.54, 1.807) is 13.3 Å². The third-order valence-electron chi connectivity index (χ3n) is 4.09. The Balaban J connectivity index is 1.91. The minimum absolute atomic E-state index is 0.480. The minimum Gasteiger partial charge on any atom is -0.480 e. The normalized spacial score (nSPS) is 26.3. The summed E-state index contributed by atoms with van der Waals surface area (Å²) in [6, 6.07) is 0. The number of ether oxygens (including phenoxy) is 1. The summed E-state index contributed by atoms with van der Waals surface area (Å²) in [4.78, 5) is 8.41. The van der Waals surface area contributed by atoms with Crippen molar-refractivity contribution in [2.45, 2.75) is 44.6 Å². The van der Waals surface area contributed by atoms with Crippen molar-refractivity contribution in [1.82, 2.24) is 9.97 Å². The monoisotopic (exact) mass is 343 g/mol. The van der Waals surface area contributed by atoms with E-state index in [-0.39, 0.29) is 0 Å². The summed E-state index contributed by atoms with van der Waals surface area (Å²) in [5, 5.41) is 13.7. The molecule has 1 saturated carbocycles. The number of methoxy groups -OCH3 is 1. The number of halogens is 1. The van der Waals surface area contributed by atoms with Gasteiger partial charge in [-0.15, -0.1) is 0 Å². The van der Waals surface area contributed by atoms with Gasteiger partial charge in [0.25, 0.3) is 0 Å². The Morgan fingerprint density at radius 2 is 2.20 bits per heavy atom. The van der Waals surface area contributed by atoms with Gasteiger partial charge in [0, 0.05) is 6.54 Å². The molecule has 1 fully saturated rings. The highest BCUT2D eigenvalue weighted by atomic mass is 79.9. The smallest absolute Gasteiger partial charge is 0.232 e. The van der Waals surface area contributed by atoms with Crippen molar-refractivity contribution < 1.29 is 9.84 Å². The molecule has 1 aromatic rings. The highest BCUT2D eigenvalue weighted by Gasteiger charge is 2.32. The van der Waals surface area contributed by atoms with E-state index in [9.17, 15) is 5.11 Å². The van der Waals surface area contributed by atoms with E-state index in [2.05, 4.69) is 38.1 Å². The molecule has 0 unspecified atom stereocenters. The summed E-state index contributed by atoms with van der Waals surface area (Å²) in [6.07, 6.45) is 6.72. The van der Waals surface area contributed by atoms with Gasteiger partial charge >= 0.3 is 0 Å². The molecule has 1 aliphatic rings. The molecule has 112 valence electrons. The number of nitrogens with one attached hydrogen (secondary N) is 1. The molecule has 0 bridgehead atoms. The molecule has 1 aliphatic carbocycles. The van der Waals surface area contributed by atoms with Crippen molar-refractivity contribution in [3.05, 3.63) is 10.7 Å². The van der Waals surface area contributed by atoms with Crippen LogP contribution >= 0.6 is 15.9 Å². The number of aliphatic hydroxyl groups is 1.